The number of carbonyl (C=O) groups is 2. The number of aryl methyl sites for hydroxylation is 2. The van der Waals surface area contributed by atoms with Gasteiger partial charge >= 0.3 is 0 Å². The molecule has 0 bridgehead atoms. The molecule has 2 aromatic carbocycles. The lowest BCUT2D eigenvalue weighted by molar-refractivity contribution is -0.131. The minimum atomic E-state index is -0.492. The summed E-state index contributed by atoms with van der Waals surface area (Å²) in [5, 5.41) is 10.7. The summed E-state index contributed by atoms with van der Waals surface area (Å²) in [6.07, 6.45) is 4.87. The second-order valence-electron chi connectivity index (χ2n) is 8.14. The first-order valence-corrected chi connectivity index (χ1v) is 10.5. The predicted molar refractivity (Wildman–Crippen MR) is 112 cm³/mol. The van der Waals surface area contributed by atoms with Crippen molar-refractivity contribution in [1.82, 2.24) is 4.90 Å². The van der Waals surface area contributed by atoms with Crippen molar-refractivity contribution in [2.75, 3.05) is 0 Å². The van der Waals surface area contributed by atoms with Crippen LogP contribution in [0.2, 0.25) is 0 Å². The molecule has 1 unspecified atom stereocenters. The van der Waals surface area contributed by atoms with Gasteiger partial charge < -0.3 is 10.0 Å². The van der Waals surface area contributed by atoms with Crippen LogP contribution in [0.4, 0.5) is 0 Å². The second kappa shape index (κ2) is 8.24. The largest absolute Gasteiger partial charge is 0.503 e. The van der Waals surface area contributed by atoms with Gasteiger partial charge in [0.2, 0.25) is 0 Å². The molecule has 29 heavy (non-hydrogen) atoms. The fourth-order valence-corrected chi connectivity index (χ4v) is 4.67. The Kier molecular flexibility index (Phi) is 5.52. The lowest BCUT2D eigenvalue weighted by Gasteiger charge is -2.32. The van der Waals surface area contributed by atoms with Gasteiger partial charge in [0.1, 0.15) is 0 Å². The molecule has 0 aromatic heterocycles. The van der Waals surface area contributed by atoms with Crippen LogP contribution >= 0.6 is 0 Å². The number of nitrogens with zero attached hydrogens (tertiary/aromatic N) is 1. The topological polar surface area (TPSA) is 57.6 Å². The maximum absolute atomic E-state index is 13.2. The highest BCUT2D eigenvalue weighted by Gasteiger charge is 2.46. The first-order chi connectivity index (χ1) is 14.1. The van der Waals surface area contributed by atoms with Crippen molar-refractivity contribution in [3.8, 4) is 0 Å². The van der Waals surface area contributed by atoms with E-state index in [1.54, 1.807) is 4.90 Å². The number of aliphatic hydroxyl groups excluding tert-OH is 1. The van der Waals surface area contributed by atoms with Crippen molar-refractivity contribution in [3.05, 3.63) is 82.6 Å². The fourth-order valence-electron chi connectivity index (χ4n) is 4.67. The lowest BCUT2D eigenvalue weighted by Crippen LogP contribution is -2.38. The van der Waals surface area contributed by atoms with Crippen LogP contribution in [0.5, 0.6) is 0 Å². The third-order valence-corrected chi connectivity index (χ3v) is 6.10. The van der Waals surface area contributed by atoms with Crippen LogP contribution in [-0.2, 0) is 16.0 Å². The summed E-state index contributed by atoms with van der Waals surface area (Å²) in [5.41, 5.74) is 3.31. The molecular weight excluding hydrogens is 362 g/mol. The molecule has 4 nitrogen and oxygen atoms in total. The van der Waals surface area contributed by atoms with Gasteiger partial charge in [0.25, 0.3) is 5.91 Å². The molecule has 150 valence electrons. The van der Waals surface area contributed by atoms with Crippen molar-refractivity contribution < 1.29 is 14.7 Å². The van der Waals surface area contributed by atoms with E-state index in [9.17, 15) is 14.7 Å². The molecule has 1 aliphatic carbocycles. The predicted octanol–water partition coefficient (Wildman–Crippen LogP) is 4.83. The van der Waals surface area contributed by atoms with E-state index in [0.717, 1.165) is 42.4 Å². The SMILES string of the molecule is Cc1cccc(C2C(C(=O)CCc3ccccc3)=C(O)C(=O)N2C2CCCC2)c1. The summed E-state index contributed by atoms with van der Waals surface area (Å²) in [6, 6.07) is 17.3. The average Bonchev–Trinajstić information content (AvgIpc) is 3.34. The quantitative estimate of drug-likeness (QED) is 0.769. The van der Waals surface area contributed by atoms with Crippen LogP contribution in [0.15, 0.2) is 65.9 Å². The molecular formula is C25H27NO3. The number of aliphatic hydroxyl groups is 1. The Bertz CT molecular complexity index is 942. The maximum atomic E-state index is 13.2. The number of ketones is 1. The highest BCUT2D eigenvalue weighted by Crippen LogP contribution is 2.42. The maximum Gasteiger partial charge on any atom is 0.290 e. The lowest BCUT2D eigenvalue weighted by atomic mass is 9.92. The average molecular weight is 389 g/mol. The number of carbonyl (C=O) groups excluding carboxylic acids is 2. The molecule has 4 rings (SSSR count). The molecule has 1 fully saturated rings. The smallest absolute Gasteiger partial charge is 0.290 e. The first-order valence-electron chi connectivity index (χ1n) is 10.5. The summed E-state index contributed by atoms with van der Waals surface area (Å²) in [7, 11) is 0. The molecule has 4 heteroatoms. The third kappa shape index (κ3) is 3.84. The molecule has 0 saturated heterocycles. The Hall–Kier alpha value is -2.88. The van der Waals surface area contributed by atoms with Gasteiger partial charge in [0.05, 0.1) is 11.6 Å². The molecule has 0 spiro atoms. The summed E-state index contributed by atoms with van der Waals surface area (Å²) in [6.45, 7) is 2.00. The van der Waals surface area contributed by atoms with Gasteiger partial charge in [0.15, 0.2) is 11.5 Å². The van der Waals surface area contributed by atoms with E-state index in [1.807, 2.05) is 61.5 Å². The van der Waals surface area contributed by atoms with Gasteiger partial charge in [-0.2, -0.15) is 0 Å². The molecule has 1 saturated carbocycles. The molecule has 1 atom stereocenters. The van der Waals surface area contributed by atoms with Gasteiger partial charge in [-0.1, -0.05) is 73.0 Å². The zero-order valence-electron chi connectivity index (χ0n) is 16.8. The van der Waals surface area contributed by atoms with Crippen molar-refractivity contribution in [2.24, 2.45) is 0 Å². The normalized spacial score (nSPS) is 20.0. The highest BCUT2D eigenvalue weighted by atomic mass is 16.3. The monoisotopic (exact) mass is 389 g/mol. The molecule has 1 amide bonds. The number of amides is 1. The number of hydrogen-bond acceptors (Lipinski definition) is 3. The van der Waals surface area contributed by atoms with E-state index in [4.69, 9.17) is 0 Å². The minimum absolute atomic E-state index is 0.0783. The summed E-state index contributed by atoms with van der Waals surface area (Å²) in [4.78, 5) is 28.0. The number of rotatable bonds is 6. The van der Waals surface area contributed by atoms with Crippen LogP contribution in [-0.4, -0.2) is 27.7 Å². The zero-order valence-corrected chi connectivity index (χ0v) is 16.8. The molecule has 1 N–H and O–H groups in total. The number of benzene rings is 2. The minimum Gasteiger partial charge on any atom is -0.503 e. The molecule has 2 aliphatic rings. The Balaban J connectivity index is 1.67. The number of hydrogen-bond donors (Lipinski definition) is 1. The van der Waals surface area contributed by atoms with Crippen LogP contribution < -0.4 is 0 Å². The van der Waals surface area contributed by atoms with Gasteiger partial charge in [-0.3, -0.25) is 9.59 Å². The van der Waals surface area contributed by atoms with Crippen molar-refractivity contribution >= 4 is 11.7 Å². The van der Waals surface area contributed by atoms with E-state index in [1.165, 1.54) is 0 Å². The van der Waals surface area contributed by atoms with Gasteiger partial charge in [-0.15, -0.1) is 0 Å². The zero-order chi connectivity index (χ0) is 20.4. The standard InChI is InChI=1S/C25H27NO3/c1-17-8-7-11-19(16-17)23-22(21(27)15-14-18-9-3-2-4-10-18)24(28)25(29)26(23)20-12-5-6-13-20/h2-4,7-11,16,20,23,28H,5-6,12-15H2,1H3. The molecule has 0 radical (unpaired) electrons. The summed E-state index contributed by atoms with van der Waals surface area (Å²) >= 11 is 0. The van der Waals surface area contributed by atoms with Gasteiger partial charge in [-0.25, -0.2) is 0 Å². The van der Waals surface area contributed by atoms with Crippen LogP contribution in [0.3, 0.4) is 0 Å². The van der Waals surface area contributed by atoms with Crippen molar-refractivity contribution in [2.45, 2.75) is 57.5 Å². The van der Waals surface area contributed by atoms with Gasteiger partial charge in [0, 0.05) is 12.5 Å². The Morgan fingerprint density at radius 3 is 2.48 bits per heavy atom. The molecule has 1 heterocycles. The van der Waals surface area contributed by atoms with E-state index in [0.29, 0.717) is 6.42 Å². The summed E-state index contributed by atoms with van der Waals surface area (Å²) in [5.74, 6) is -0.903. The van der Waals surface area contributed by atoms with Crippen LogP contribution in [0.1, 0.15) is 54.8 Å². The highest BCUT2D eigenvalue weighted by molar-refractivity contribution is 6.09. The van der Waals surface area contributed by atoms with Crippen LogP contribution in [0, 0.1) is 6.92 Å². The second-order valence-corrected chi connectivity index (χ2v) is 8.14. The number of Topliss-reactive ketones (excluding diaryl/α,β-unsaturated/α-hetero) is 1. The van der Waals surface area contributed by atoms with E-state index in [2.05, 4.69) is 0 Å². The first kappa shape index (κ1) is 19.4. The molecule has 1 aliphatic heterocycles. The van der Waals surface area contributed by atoms with E-state index in [-0.39, 0.29) is 29.6 Å². The van der Waals surface area contributed by atoms with Crippen LogP contribution in [0.25, 0.3) is 0 Å². The summed E-state index contributed by atoms with van der Waals surface area (Å²) < 4.78 is 0. The Morgan fingerprint density at radius 2 is 1.79 bits per heavy atom. The molecule has 2 aromatic rings. The third-order valence-electron chi connectivity index (χ3n) is 6.10. The Morgan fingerprint density at radius 1 is 1.07 bits per heavy atom. The van der Waals surface area contributed by atoms with E-state index < -0.39 is 11.9 Å². The Labute approximate surface area is 171 Å². The fraction of sp³-hybridized carbons (Fsp3) is 0.360. The van der Waals surface area contributed by atoms with Crippen molar-refractivity contribution in [1.29, 1.82) is 0 Å². The van der Waals surface area contributed by atoms with Crippen molar-refractivity contribution in [3.63, 3.8) is 0 Å². The van der Waals surface area contributed by atoms with Gasteiger partial charge in [-0.05, 0) is 37.3 Å². The van der Waals surface area contributed by atoms with E-state index >= 15 is 0 Å².